The van der Waals surface area contributed by atoms with Crippen molar-refractivity contribution in [3.8, 4) is 0 Å². The van der Waals surface area contributed by atoms with Gasteiger partial charge in [0.1, 0.15) is 0 Å². The van der Waals surface area contributed by atoms with Crippen molar-refractivity contribution >= 4 is 0 Å². The maximum absolute atomic E-state index is 5.59. The molecule has 2 heteroatoms. The van der Waals surface area contributed by atoms with Gasteiger partial charge in [0.05, 0.1) is 13.2 Å². The SMILES string of the molecule is Cc1ccc(COC[C@@H](C)N)cc1C. The molecular formula is C12H19NO. The first-order valence-electron chi connectivity index (χ1n) is 4.99. The molecule has 0 saturated heterocycles. The van der Waals surface area contributed by atoms with Crippen LogP contribution in [0.4, 0.5) is 0 Å². The summed E-state index contributed by atoms with van der Waals surface area (Å²) >= 11 is 0. The van der Waals surface area contributed by atoms with Crippen LogP contribution in [0.25, 0.3) is 0 Å². The first-order chi connectivity index (χ1) is 6.59. The van der Waals surface area contributed by atoms with Crippen molar-refractivity contribution in [3.63, 3.8) is 0 Å². The molecule has 0 saturated carbocycles. The number of ether oxygens (including phenoxy) is 1. The Labute approximate surface area is 86.1 Å². The number of hydrogen-bond acceptors (Lipinski definition) is 2. The molecule has 0 aliphatic heterocycles. The Morgan fingerprint density at radius 3 is 2.57 bits per heavy atom. The highest BCUT2D eigenvalue weighted by Crippen LogP contribution is 2.10. The standard InChI is InChI=1S/C12H19NO/c1-9-4-5-12(6-10(9)2)8-14-7-11(3)13/h4-6,11H,7-8,13H2,1-3H3/t11-/m1/s1. The Morgan fingerprint density at radius 2 is 2.00 bits per heavy atom. The van der Waals surface area contributed by atoms with Crippen molar-refractivity contribution in [2.45, 2.75) is 33.4 Å². The Morgan fingerprint density at radius 1 is 1.29 bits per heavy atom. The lowest BCUT2D eigenvalue weighted by atomic mass is 10.1. The number of hydrogen-bond donors (Lipinski definition) is 1. The van der Waals surface area contributed by atoms with E-state index in [1.54, 1.807) is 0 Å². The van der Waals surface area contributed by atoms with E-state index in [9.17, 15) is 0 Å². The molecule has 0 unspecified atom stereocenters. The summed E-state index contributed by atoms with van der Waals surface area (Å²) in [5.41, 5.74) is 9.43. The van der Waals surface area contributed by atoms with Crippen LogP contribution in [0.15, 0.2) is 18.2 Å². The fourth-order valence-corrected chi connectivity index (χ4v) is 1.26. The van der Waals surface area contributed by atoms with Gasteiger partial charge in [0.2, 0.25) is 0 Å². The van der Waals surface area contributed by atoms with Crippen molar-refractivity contribution in [2.24, 2.45) is 5.73 Å². The summed E-state index contributed by atoms with van der Waals surface area (Å²) in [4.78, 5) is 0. The quantitative estimate of drug-likeness (QED) is 0.795. The fourth-order valence-electron chi connectivity index (χ4n) is 1.26. The molecule has 14 heavy (non-hydrogen) atoms. The molecule has 1 rings (SSSR count). The first-order valence-corrected chi connectivity index (χ1v) is 4.99. The highest BCUT2D eigenvalue weighted by molar-refractivity contribution is 5.29. The summed E-state index contributed by atoms with van der Waals surface area (Å²) < 4.78 is 5.45. The van der Waals surface area contributed by atoms with E-state index in [1.807, 2.05) is 6.92 Å². The third kappa shape index (κ3) is 3.48. The molecular weight excluding hydrogens is 174 g/mol. The van der Waals surface area contributed by atoms with Crippen LogP contribution in [0.1, 0.15) is 23.6 Å². The monoisotopic (exact) mass is 193 g/mol. The second-order valence-electron chi connectivity index (χ2n) is 3.91. The van der Waals surface area contributed by atoms with E-state index in [4.69, 9.17) is 10.5 Å². The zero-order chi connectivity index (χ0) is 10.6. The van der Waals surface area contributed by atoms with Crippen molar-refractivity contribution in [2.75, 3.05) is 6.61 Å². The number of benzene rings is 1. The second kappa shape index (κ2) is 5.13. The average Bonchev–Trinajstić information content (AvgIpc) is 2.10. The van der Waals surface area contributed by atoms with Crippen LogP contribution < -0.4 is 5.73 Å². The zero-order valence-corrected chi connectivity index (χ0v) is 9.21. The zero-order valence-electron chi connectivity index (χ0n) is 9.21. The molecule has 78 valence electrons. The molecule has 1 aromatic carbocycles. The van der Waals surface area contributed by atoms with Crippen LogP contribution in [0, 0.1) is 13.8 Å². The van der Waals surface area contributed by atoms with Crippen LogP contribution in [-0.4, -0.2) is 12.6 Å². The first kappa shape index (κ1) is 11.2. The Bertz CT molecular complexity index is 294. The smallest absolute Gasteiger partial charge is 0.0717 e. The van der Waals surface area contributed by atoms with Gasteiger partial charge < -0.3 is 10.5 Å². The van der Waals surface area contributed by atoms with Crippen LogP contribution in [-0.2, 0) is 11.3 Å². The maximum atomic E-state index is 5.59. The second-order valence-corrected chi connectivity index (χ2v) is 3.91. The average molecular weight is 193 g/mol. The van der Waals surface area contributed by atoms with Crippen molar-refractivity contribution in [1.29, 1.82) is 0 Å². The van der Waals surface area contributed by atoms with Gasteiger partial charge in [0.25, 0.3) is 0 Å². The van der Waals surface area contributed by atoms with Gasteiger partial charge in [-0.05, 0) is 37.5 Å². The molecule has 1 aromatic rings. The molecule has 0 fully saturated rings. The topological polar surface area (TPSA) is 35.2 Å². The van der Waals surface area contributed by atoms with Crippen molar-refractivity contribution < 1.29 is 4.74 Å². The van der Waals surface area contributed by atoms with Gasteiger partial charge in [-0.25, -0.2) is 0 Å². The van der Waals surface area contributed by atoms with Crippen LogP contribution in [0.5, 0.6) is 0 Å². The van der Waals surface area contributed by atoms with Gasteiger partial charge in [-0.2, -0.15) is 0 Å². The van der Waals surface area contributed by atoms with Gasteiger partial charge in [-0.1, -0.05) is 18.2 Å². The molecule has 2 nitrogen and oxygen atoms in total. The van der Waals surface area contributed by atoms with E-state index >= 15 is 0 Å². The van der Waals surface area contributed by atoms with Gasteiger partial charge in [-0.3, -0.25) is 0 Å². The van der Waals surface area contributed by atoms with Gasteiger partial charge >= 0.3 is 0 Å². The fraction of sp³-hybridized carbons (Fsp3) is 0.500. The summed E-state index contributed by atoms with van der Waals surface area (Å²) in [7, 11) is 0. The molecule has 0 aromatic heterocycles. The van der Waals surface area contributed by atoms with Crippen LogP contribution in [0.2, 0.25) is 0 Å². The highest BCUT2D eigenvalue weighted by atomic mass is 16.5. The molecule has 0 radical (unpaired) electrons. The third-order valence-corrected chi connectivity index (χ3v) is 2.22. The number of rotatable bonds is 4. The lowest BCUT2D eigenvalue weighted by Gasteiger charge is -2.08. The third-order valence-electron chi connectivity index (χ3n) is 2.22. The van der Waals surface area contributed by atoms with E-state index < -0.39 is 0 Å². The van der Waals surface area contributed by atoms with Crippen LogP contribution >= 0.6 is 0 Å². The summed E-state index contributed by atoms with van der Waals surface area (Å²) in [5.74, 6) is 0. The molecule has 0 amide bonds. The van der Waals surface area contributed by atoms with E-state index in [1.165, 1.54) is 16.7 Å². The Balaban J connectivity index is 2.47. The summed E-state index contributed by atoms with van der Waals surface area (Å²) in [6, 6.07) is 6.50. The number of nitrogens with two attached hydrogens (primary N) is 1. The summed E-state index contributed by atoms with van der Waals surface area (Å²) in [5, 5.41) is 0. The minimum atomic E-state index is 0.113. The molecule has 0 heterocycles. The molecule has 1 atom stereocenters. The van der Waals surface area contributed by atoms with Gasteiger partial charge in [0.15, 0.2) is 0 Å². The van der Waals surface area contributed by atoms with Crippen molar-refractivity contribution in [1.82, 2.24) is 0 Å². The van der Waals surface area contributed by atoms with E-state index in [0.29, 0.717) is 13.2 Å². The molecule has 0 aliphatic rings. The molecule has 0 bridgehead atoms. The van der Waals surface area contributed by atoms with Crippen molar-refractivity contribution in [3.05, 3.63) is 34.9 Å². The lowest BCUT2D eigenvalue weighted by Crippen LogP contribution is -2.21. The van der Waals surface area contributed by atoms with Gasteiger partial charge in [-0.15, -0.1) is 0 Å². The minimum Gasteiger partial charge on any atom is -0.375 e. The predicted molar refractivity (Wildman–Crippen MR) is 59.2 cm³/mol. The summed E-state index contributed by atoms with van der Waals surface area (Å²) in [6.45, 7) is 7.45. The minimum absolute atomic E-state index is 0.113. The Kier molecular flexibility index (Phi) is 4.11. The normalized spacial score (nSPS) is 12.9. The Hall–Kier alpha value is -0.860. The lowest BCUT2D eigenvalue weighted by molar-refractivity contribution is 0.111. The largest absolute Gasteiger partial charge is 0.375 e. The van der Waals surface area contributed by atoms with E-state index in [0.717, 1.165) is 0 Å². The van der Waals surface area contributed by atoms with E-state index in [-0.39, 0.29) is 6.04 Å². The molecule has 0 aliphatic carbocycles. The van der Waals surface area contributed by atoms with E-state index in [2.05, 4.69) is 32.0 Å². The van der Waals surface area contributed by atoms with Crippen LogP contribution in [0.3, 0.4) is 0 Å². The highest BCUT2D eigenvalue weighted by Gasteiger charge is 1.98. The maximum Gasteiger partial charge on any atom is 0.0717 e. The number of aryl methyl sites for hydroxylation is 2. The molecule has 0 spiro atoms. The van der Waals surface area contributed by atoms with Gasteiger partial charge in [0, 0.05) is 6.04 Å². The summed E-state index contributed by atoms with van der Waals surface area (Å²) in [6.07, 6.45) is 0. The predicted octanol–water partition coefficient (Wildman–Crippen LogP) is 2.17. The molecule has 2 N–H and O–H groups in total.